The molecule has 0 unspecified atom stereocenters. The zero-order valence-corrected chi connectivity index (χ0v) is 14.0. The summed E-state index contributed by atoms with van der Waals surface area (Å²) in [6.45, 7) is 2.13. The number of carbonyl (C=O) groups excluding carboxylic acids is 1. The Morgan fingerprint density at radius 2 is 1.77 bits per heavy atom. The molecule has 6 heteroatoms. The van der Waals surface area contributed by atoms with Crippen LogP contribution in [0.15, 0.2) is 23.1 Å². The topological polar surface area (TPSA) is 80.7 Å². The van der Waals surface area contributed by atoms with E-state index in [1.54, 1.807) is 0 Å². The lowest BCUT2D eigenvalue weighted by Crippen LogP contribution is -2.13. The second-order valence-electron chi connectivity index (χ2n) is 5.26. The Kier molecular flexibility index (Phi) is 7.38. The van der Waals surface area contributed by atoms with E-state index in [4.69, 9.17) is 0 Å². The first-order valence-electron chi connectivity index (χ1n) is 7.56. The molecule has 0 aliphatic heterocycles. The maximum atomic E-state index is 12.4. The predicted molar refractivity (Wildman–Crippen MR) is 84.9 cm³/mol. The highest BCUT2D eigenvalue weighted by molar-refractivity contribution is 7.91. The molecule has 124 valence electrons. The van der Waals surface area contributed by atoms with Crippen LogP contribution in [0.1, 0.15) is 55.8 Å². The van der Waals surface area contributed by atoms with Crippen LogP contribution in [0.3, 0.4) is 0 Å². The quantitative estimate of drug-likeness (QED) is 0.555. The van der Waals surface area contributed by atoms with E-state index in [1.165, 1.54) is 19.2 Å². The SMILES string of the molecule is CCCCCCCCS(=O)(=O)c1cc(O)ccc1C(=O)OC. The van der Waals surface area contributed by atoms with Gasteiger partial charge in [0.1, 0.15) is 5.75 Å². The van der Waals surface area contributed by atoms with Crippen LogP contribution in [0, 0.1) is 0 Å². The number of aromatic hydroxyl groups is 1. The number of unbranched alkanes of at least 4 members (excludes halogenated alkanes) is 5. The third-order valence-corrected chi connectivity index (χ3v) is 5.31. The average Bonchev–Trinajstić information content (AvgIpc) is 2.50. The van der Waals surface area contributed by atoms with Crippen molar-refractivity contribution in [2.24, 2.45) is 0 Å². The van der Waals surface area contributed by atoms with Crippen molar-refractivity contribution in [3.05, 3.63) is 23.8 Å². The number of sulfone groups is 1. The molecule has 1 rings (SSSR count). The van der Waals surface area contributed by atoms with E-state index >= 15 is 0 Å². The largest absolute Gasteiger partial charge is 0.508 e. The number of esters is 1. The summed E-state index contributed by atoms with van der Waals surface area (Å²) in [6.07, 6.45) is 5.80. The number of carbonyl (C=O) groups is 1. The van der Waals surface area contributed by atoms with Gasteiger partial charge in [-0.15, -0.1) is 0 Å². The summed E-state index contributed by atoms with van der Waals surface area (Å²) in [5.41, 5.74) is -0.0358. The zero-order chi connectivity index (χ0) is 16.6. The van der Waals surface area contributed by atoms with Crippen molar-refractivity contribution < 1.29 is 23.1 Å². The van der Waals surface area contributed by atoms with Gasteiger partial charge in [0, 0.05) is 0 Å². The number of methoxy groups -OCH3 is 1. The minimum atomic E-state index is -3.62. The lowest BCUT2D eigenvalue weighted by Gasteiger charge is -2.10. The van der Waals surface area contributed by atoms with E-state index in [0.717, 1.165) is 38.2 Å². The molecule has 0 saturated carbocycles. The monoisotopic (exact) mass is 328 g/mol. The molecule has 0 amide bonds. The fraction of sp³-hybridized carbons (Fsp3) is 0.562. The summed E-state index contributed by atoms with van der Waals surface area (Å²) in [5.74, 6) is -0.942. The van der Waals surface area contributed by atoms with E-state index in [1.807, 2.05) is 0 Å². The Morgan fingerprint density at radius 3 is 2.41 bits per heavy atom. The number of benzene rings is 1. The molecule has 22 heavy (non-hydrogen) atoms. The predicted octanol–water partition coefficient (Wildman–Crippen LogP) is 3.31. The van der Waals surface area contributed by atoms with Crippen LogP contribution in [0.5, 0.6) is 5.75 Å². The van der Waals surface area contributed by atoms with E-state index in [9.17, 15) is 18.3 Å². The molecule has 0 radical (unpaired) electrons. The van der Waals surface area contributed by atoms with Gasteiger partial charge in [0.15, 0.2) is 9.84 Å². The van der Waals surface area contributed by atoms with Gasteiger partial charge >= 0.3 is 5.97 Å². The summed E-state index contributed by atoms with van der Waals surface area (Å²) < 4.78 is 29.4. The summed E-state index contributed by atoms with van der Waals surface area (Å²) in [6, 6.07) is 3.66. The normalized spacial score (nSPS) is 11.4. The third-order valence-electron chi connectivity index (χ3n) is 3.47. The lowest BCUT2D eigenvalue weighted by atomic mass is 10.1. The summed E-state index contributed by atoms with van der Waals surface area (Å²) >= 11 is 0. The molecule has 0 bridgehead atoms. The molecule has 0 saturated heterocycles. The van der Waals surface area contributed by atoms with Crippen LogP contribution in [-0.2, 0) is 14.6 Å². The molecule has 1 aromatic rings. The Hall–Kier alpha value is -1.56. The Bertz CT molecular complexity index is 593. The summed E-state index contributed by atoms with van der Waals surface area (Å²) in [5, 5.41) is 9.51. The fourth-order valence-corrected chi connectivity index (χ4v) is 3.82. The summed E-state index contributed by atoms with van der Waals surface area (Å²) in [4.78, 5) is 11.5. The first kappa shape index (κ1) is 18.5. The first-order valence-corrected chi connectivity index (χ1v) is 9.21. The Balaban J connectivity index is 2.79. The number of hydrogen-bond acceptors (Lipinski definition) is 5. The molecule has 0 aromatic heterocycles. The van der Waals surface area contributed by atoms with Crippen molar-refractivity contribution in [2.75, 3.05) is 12.9 Å². The number of rotatable bonds is 9. The van der Waals surface area contributed by atoms with Crippen molar-refractivity contribution in [3.8, 4) is 5.75 Å². The number of phenols is 1. The fourth-order valence-electron chi connectivity index (χ4n) is 2.23. The molecule has 0 atom stereocenters. The van der Waals surface area contributed by atoms with Crippen LogP contribution in [0.4, 0.5) is 0 Å². The van der Waals surface area contributed by atoms with Crippen molar-refractivity contribution in [3.63, 3.8) is 0 Å². The van der Waals surface area contributed by atoms with Crippen molar-refractivity contribution in [1.82, 2.24) is 0 Å². The highest BCUT2D eigenvalue weighted by Crippen LogP contribution is 2.24. The summed E-state index contributed by atoms with van der Waals surface area (Å²) in [7, 11) is -2.43. The molecule has 0 aliphatic rings. The molecule has 0 fully saturated rings. The van der Waals surface area contributed by atoms with Crippen LogP contribution >= 0.6 is 0 Å². The molecule has 0 aliphatic carbocycles. The highest BCUT2D eigenvalue weighted by Gasteiger charge is 2.23. The molecule has 5 nitrogen and oxygen atoms in total. The molecule has 0 spiro atoms. The van der Waals surface area contributed by atoms with Crippen LogP contribution in [0.25, 0.3) is 0 Å². The lowest BCUT2D eigenvalue weighted by molar-refractivity contribution is 0.0596. The zero-order valence-electron chi connectivity index (χ0n) is 13.2. The second-order valence-corrected chi connectivity index (χ2v) is 7.34. The van der Waals surface area contributed by atoms with Crippen LogP contribution in [-0.4, -0.2) is 32.4 Å². The highest BCUT2D eigenvalue weighted by atomic mass is 32.2. The standard InChI is InChI=1S/C16H24O5S/c1-3-4-5-6-7-8-11-22(19,20)15-12-13(17)9-10-14(15)16(18)21-2/h9-10,12,17H,3-8,11H2,1-2H3. The van der Waals surface area contributed by atoms with Gasteiger partial charge < -0.3 is 9.84 Å². The van der Waals surface area contributed by atoms with Gasteiger partial charge in [-0.05, 0) is 24.6 Å². The van der Waals surface area contributed by atoms with E-state index < -0.39 is 15.8 Å². The van der Waals surface area contributed by atoms with Gasteiger partial charge in [0.25, 0.3) is 0 Å². The first-order chi connectivity index (χ1) is 10.4. The molecular weight excluding hydrogens is 304 g/mol. The number of hydrogen-bond donors (Lipinski definition) is 1. The minimum absolute atomic E-state index is 0.0351. The molecule has 1 N–H and O–H groups in total. The van der Waals surface area contributed by atoms with Crippen molar-refractivity contribution in [1.29, 1.82) is 0 Å². The number of ether oxygens (including phenoxy) is 1. The van der Waals surface area contributed by atoms with Gasteiger partial charge in [-0.1, -0.05) is 39.0 Å². The average molecular weight is 328 g/mol. The van der Waals surface area contributed by atoms with E-state index in [2.05, 4.69) is 11.7 Å². The van der Waals surface area contributed by atoms with Gasteiger partial charge in [-0.2, -0.15) is 0 Å². The van der Waals surface area contributed by atoms with Gasteiger partial charge in [0.2, 0.25) is 0 Å². The van der Waals surface area contributed by atoms with Gasteiger partial charge in [-0.25, -0.2) is 13.2 Å². The van der Waals surface area contributed by atoms with Crippen LogP contribution in [0.2, 0.25) is 0 Å². The van der Waals surface area contributed by atoms with E-state index in [0.29, 0.717) is 6.42 Å². The van der Waals surface area contributed by atoms with Crippen molar-refractivity contribution in [2.45, 2.75) is 50.3 Å². The minimum Gasteiger partial charge on any atom is -0.508 e. The Labute approximate surface area is 132 Å². The van der Waals surface area contributed by atoms with Crippen molar-refractivity contribution >= 4 is 15.8 Å². The molecule has 0 heterocycles. The molecule has 1 aromatic carbocycles. The third kappa shape index (κ3) is 5.33. The van der Waals surface area contributed by atoms with E-state index in [-0.39, 0.29) is 22.0 Å². The van der Waals surface area contributed by atoms with Crippen LogP contribution < -0.4 is 0 Å². The Morgan fingerprint density at radius 1 is 1.14 bits per heavy atom. The van der Waals surface area contributed by atoms with Gasteiger partial charge in [-0.3, -0.25) is 0 Å². The van der Waals surface area contributed by atoms with Gasteiger partial charge in [0.05, 0.1) is 23.3 Å². The maximum Gasteiger partial charge on any atom is 0.339 e. The second kappa shape index (κ2) is 8.78. The maximum absolute atomic E-state index is 12.4. The number of phenolic OH excluding ortho intramolecular Hbond substituents is 1. The molecular formula is C16H24O5S. The smallest absolute Gasteiger partial charge is 0.339 e.